The molecule has 0 amide bonds. The Balaban J connectivity index is 1.94. The third-order valence-corrected chi connectivity index (χ3v) is 6.77. The lowest BCUT2D eigenvalue weighted by Gasteiger charge is -2.19. The molecule has 3 rings (SSSR count). The number of Topliss-reactive ketones (excluding diaryl/α,β-unsaturated/α-hetero) is 1. The summed E-state index contributed by atoms with van der Waals surface area (Å²) in [5, 5.41) is 1.93. The Morgan fingerprint density at radius 3 is 2.22 bits per heavy atom. The third-order valence-electron chi connectivity index (χ3n) is 4.39. The van der Waals surface area contributed by atoms with Gasteiger partial charge in [0.05, 0.1) is 10.9 Å². The molecule has 140 valence electrons. The smallest absolute Gasteiger partial charge is 0.241 e. The number of hydrogen-bond donors (Lipinski definition) is 1. The number of carbonyl (C=O) groups excluding carboxylic acids is 1. The number of benzene rings is 2. The fourth-order valence-electron chi connectivity index (χ4n) is 2.78. The molecule has 1 heterocycles. The largest absolute Gasteiger partial charge is 0.295 e. The standard InChI is InChI=1S/C21H21NO3S2/c1-3-16-6-8-18(9-7-16)21(20-5-4-14-26-20)22-27(24,25)19-12-10-17(11-13-19)15(2)23/h4-14,21-22H,3H2,1-2H3/t21-/m1/s1. The molecular formula is C21H21NO3S2. The van der Waals surface area contributed by atoms with Crippen molar-refractivity contribution >= 4 is 27.1 Å². The average Bonchev–Trinajstić information content (AvgIpc) is 3.21. The topological polar surface area (TPSA) is 63.2 Å². The van der Waals surface area contributed by atoms with Gasteiger partial charge < -0.3 is 0 Å². The van der Waals surface area contributed by atoms with Gasteiger partial charge >= 0.3 is 0 Å². The molecule has 0 saturated carbocycles. The molecule has 0 fully saturated rings. The molecule has 0 aliphatic heterocycles. The normalized spacial score (nSPS) is 12.7. The van der Waals surface area contributed by atoms with E-state index in [4.69, 9.17) is 0 Å². The third kappa shape index (κ3) is 4.53. The number of nitrogens with one attached hydrogen (secondary N) is 1. The zero-order valence-electron chi connectivity index (χ0n) is 15.2. The van der Waals surface area contributed by atoms with Crippen LogP contribution in [0.4, 0.5) is 0 Å². The number of ketones is 1. The van der Waals surface area contributed by atoms with Gasteiger partial charge in [-0.15, -0.1) is 11.3 Å². The van der Waals surface area contributed by atoms with Crippen LogP contribution in [0, 0.1) is 0 Å². The highest BCUT2D eigenvalue weighted by molar-refractivity contribution is 7.89. The second kappa shape index (κ2) is 8.17. The van der Waals surface area contributed by atoms with Crippen LogP contribution in [0.1, 0.15) is 46.3 Å². The first kappa shape index (κ1) is 19.5. The first-order chi connectivity index (χ1) is 12.9. The van der Waals surface area contributed by atoms with Gasteiger partial charge in [0, 0.05) is 10.4 Å². The zero-order chi connectivity index (χ0) is 19.4. The van der Waals surface area contributed by atoms with Crippen molar-refractivity contribution in [1.82, 2.24) is 4.72 Å². The van der Waals surface area contributed by atoms with Crippen LogP contribution < -0.4 is 4.72 Å². The molecule has 3 aromatic rings. The van der Waals surface area contributed by atoms with Gasteiger partial charge in [-0.2, -0.15) is 4.72 Å². The van der Waals surface area contributed by atoms with E-state index in [1.165, 1.54) is 48.1 Å². The van der Waals surface area contributed by atoms with Crippen molar-refractivity contribution in [1.29, 1.82) is 0 Å². The maximum atomic E-state index is 12.9. The van der Waals surface area contributed by atoms with Gasteiger partial charge in [-0.25, -0.2) is 8.42 Å². The second-order valence-corrected chi connectivity index (χ2v) is 8.94. The summed E-state index contributed by atoms with van der Waals surface area (Å²) in [7, 11) is -3.75. The van der Waals surface area contributed by atoms with Crippen LogP contribution in [0.25, 0.3) is 0 Å². The van der Waals surface area contributed by atoms with Crippen molar-refractivity contribution in [3.63, 3.8) is 0 Å². The second-order valence-electron chi connectivity index (χ2n) is 6.25. The Bertz CT molecular complexity index is 1010. The molecule has 0 radical (unpaired) electrons. The number of sulfonamides is 1. The highest BCUT2D eigenvalue weighted by Crippen LogP contribution is 2.28. The van der Waals surface area contributed by atoms with Crippen LogP contribution in [0.2, 0.25) is 0 Å². The van der Waals surface area contributed by atoms with E-state index in [0.717, 1.165) is 16.9 Å². The van der Waals surface area contributed by atoms with Crippen LogP contribution >= 0.6 is 11.3 Å². The van der Waals surface area contributed by atoms with Crippen molar-refractivity contribution in [2.45, 2.75) is 31.2 Å². The Hall–Kier alpha value is -2.28. The van der Waals surface area contributed by atoms with E-state index in [1.807, 2.05) is 41.8 Å². The summed E-state index contributed by atoms with van der Waals surface area (Å²) in [5.74, 6) is -0.0978. The summed E-state index contributed by atoms with van der Waals surface area (Å²) in [6.45, 7) is 3.54. The maximum Gasteiger partial charge on any atom is 0.241 e. The number of aryl methyl sites for hydroxylation is 1. The molecule has 0 aliphatic carbocycles. The van der Waals surface area contributed by atoms with Crippen molar-refractivity contribution in [2.24, 2.45) is 0 Å². The van der Waals surface area contributed by atoms with Crippen LogP contribution in [-0.4, -0.2) is 14.2 Å². The molecule has 0 unspecified atom stereocenters. The van der Waals surface area contributed by atoms with E-state index >= 15 is 0 Å². The first-order valence-corrected chi connectivity index (χ1v) is 11.0. The number of rotatable bonds is 7. The van der Waals surface area contributed by atoms with E-state index < -0.39 is 16.1 Å². The lowest BCUT2D eigenvalue weighted by atomic mass is 10.0. The molecule has 2 aromatic carbocycles. The molecule has 0 spiro atoms. The molecule has 0 bridgehead atoms. The monoisotopic (exact) mass is 399 g/mol. The minimum Gasteiger partial charge on any atom is -0.295 e. The van der Waals surface area contributed by atoms with Gasteiger partial charge in [-0.1, -0.05) is 49.4 Å². The van der Waals surface area contributed by atoms with E-state index in [1.54, 1.807) is 0 Å². The van der Waals surface area contributed by atoms with Crippen molar-refractivity contribution in [3.05, 3.63) is 87.6 Å². The summed E-state index contributed by atoms with van der Waals surface area (Å²) in [6, 6.07) is 17.3. The molecule has 1 aromatic heterocycles. The summed E-state index contributed by atoms with van der Waals surface area (Å²) in [5.41, 5.74) is 2.57. The van der Waals surface area contributed by atoms with Crippen molar-refractivity contribution in [3.8, 4) is 0 Å². The van der Waals surface area contributed by atoms with Gasteiger partial charge in [-0.05, 0) is 48.1 Å². The van der Waals surface area contributed by atoms with Crippen LogP contribution in [0.15, 0.2) is 70.9 Å². The molecule has 27 heavy (non-hydrogen) atoms. The number of thiophene rings is 1. The Labute approximate surface area is 163 Å². The van der Waals surface area contributed by atoms with Gasteiger partial charge in [0.25, 0.3) is 0 Å². The van der Waals surface area contributed by atoms with Crippen molar-refractivity contribution in [2.75, 3.05) is 0 Å². The quantitative estimate of drug-likeness (QED) is 0.592. The average molecular weight is 400 g/mol. The predicted octanol–water partition coefficient (Wildman–Crippen LogP) is 4.58. The van der Waals surface area contributed by atoms with Gasteiger partial charge in [0.15, 0.2) is 5.78 Å². The minimum atomic E-state index is -3.75. The van der Waals surface area contributed by atoms with Gasteiger partial charge in [-0.3, -0.25) is 4.79 Å². The van der Waals surface area contributed by atoms with E-state index in [2.05, 4.69) is 11.6 Å². The Morgan fingerprint density at radius 2 is 1.70 bits per heavy atom. The molecule has 0 aliphatic rings. The molecule has 6 heteroatoms. The molecular weight excluding hydrogens is 378 g/mol. The summed E-state index contributed by atoms with van der Waals surface area (Å²) in [6.07, 6.45) is 0.929. The number of carbonyl (C=O) groups is 1. The van der Waals surface area contributed by atoms with E-state index in [-0.39, 0.29) is 10.7 Å². The summed E-state index contributed by atoms with van der Waals surface area (Å²) >= 11 is 1.51. The van der Waals surface area contributed by atoms with Crippen LogP contribution in [-0.2, 0) is 16.4 Å². The summed E-state index contributed by atoms with van der Waals surface area (Å²) < 4.78 is 28.7. The zero-order valence-corrected chi connectivity index (χ0v) is 16.8. The highest BCUT2D eigenvalue weighted by Gasteiger charge is 2.23. The molecule has 1 N–H and O–H groups in total. The lowest BCUT2D eigenvalue weighted by Crippen LogP contribution is -2.29. The fraction of sp³-hybridized carbons (Fsp3) is 0.190. The SMILES string of the molecule is CCc1ccc([C@@H](NS(=O)(=O)c2ccc(C(C)=O)cc2)c2cccs2)cc1. The van der Waals surface area contributed by atoms with E-state index in [9.17, 15) is 13.2 Å². The maximum absolute atomic E-state index is 12.9. The summed E-state index contributed by atoms with van der Waals surface area (Å²) in [4.78, 5) is 12.5. The molecule has 0 saturated heterocycles. The lowest BCUT2D eigenvalue weighted by molar-refractivity contribution is 0.101. The van der Waals surface area contributed by atoms with Crippen LogP contribution in [0.3, 0.4) is 0 Å². The molecule has 4 nitrogen and oxygen atoms in total. The Kier molecular flexibility index (Phi) is 5.89. The van der Waals surface area contributed by atoms with Gasteiger partial charge in [0.1, 0.15) is 0 Å². The highest BCUT2D eigenvalue weighted by atomic mass is 32.2. The fourth-order valence-corrected chi connectivity index (χ4v) is 4.86. The van der Waals surface area contributed by atoms with E-state index in [0.29, 0.717) is 5.56 Å². The minimum absolute atomic E-state index is 0.0978. The number of hydrogen-bond acceptors (Lipinski definition) is 4. The molecule has 1 atom stereocenters. The van der Waals surface area contributed by atoms with Gasteiger partial charge in [0.2, 0.25) is 10.0 Å². The van der Waals surface area contributed by atoms with Crippen LogP contribution in [0.5, 0.6) is 0 Å². The Morgan fingerprint density at radius 1 is 1.04 bits per heavy atom. The predicted molar refractivity (Wildman–Crippen MR) is 109 cm³/mol. The van der Waals surface area contributed by atoms with Crippen molar-refractivity contribution < 1.29 is 13.2 Å². The first-order valence-electron chi connectivity index (χ1n) is 8.66.